The Labute approximate surface area is 153 Å². The Morgan fingerprint density at radius 1 is 1.56 bits per heavy atom. The summed E-state index contributed by atoms with van der Waals surface area (Å²) in [6.45, 7) is 7.36. The average Bonchev–Trinajstić information content (AvgIpc) is 2.93. The van der Waals surface area contributed by atoms with Crippen LogP contribution in [-0.4, -0.2) is 46.1 Å². The summed E-state index contributed by atoms with van der Waals surface area (Å²) in [4.78, 5) is 23.5. The van der Waals surface area contributed by atoms with Crippen molar-refractivity contribution in [1.82, 2.24) is 5.32 Å². The number of nitrogens with one attached hydrogen (secondary N) is 1. The van der Waals surface area contributed by atoms with Gasteiger partial charge in [-0.05, 0) is 33.1 Å². The number of thioether (sulfide) groups is 1. The van der Waals surface area contributed by atoms with Crippen LogP contribution in [0.15, 0.2) is 24.3 Å². The highest BCUT2D eigenvalue weighted by molar-refractivity contribution is 8.14. The van der Waals surface area contributed by atoms with E-state index in [1.807, 2.05) is 19.9 Å². The lowest BCUT2D eigenvalue weighted by Gasteiger charge is -2.43. The molecule has 0 bridgehead atoms. The van der Waals surface area contributed by atoms with Gasteiger partial charge in [-0.3, -0.25) is 4.79 Å². The van der Waals surface area contributed by atoms with Crippen molar-refractivity contribution in [1.29, 1.82) is 0 Å². The Morgan fingerprint density at radius 3 is 2.92 bits per heavy atom. The van der Waals surface area contributed by atoms with Crippen LogP contribution in [0.3, 0.4) is 0 Å². The molecule has 2 saturated heterocycles. The number of hydrogen-bond acceptors (Lipinski definition) is 6. The Hall–Kier alpha value is -1.31. The summed E-state index contributed by atoms with van der Waals surface area (Å²) in [6.07, 6.45) is 5.77. The number of aliphatic hydroxyl groups is 1. The van der Waals surface area contributed by atoms with Crippen molar-refractivity contribution in [2.75, 3.05) is 5.75 Å². The van der Waals surface area contributed by atoms with Gasteiger partial charge in [-0.2, -0.15) is 0 Å². The summed E-state index contributed by atoms with van der Waals surface area (Å²) in [6, 6.07) is -0.503. The molecule has 4 unspecified atom stereocenters. The van der Waals surface area contributed by atoms with E-state index in [-0.39, 0.29) is 17.8 Å². The standard InChI is InChI=1S/C18H27NO5S/c1-4-5-6-7-13-9-14(23-16(20)8-12(2)3)10-18(22,24-13)15-11-25-17(21)19-15/h4,8,13-15,22H,1,5-7,9-11H2,2-3H3,(H,19,21). The van der Waals surface area contributed by atoms with Gasteiger partial charge in [0.05, 0.1) is 12.1 Å². The van der Waals surface area contributed by atoms with Crippen molar-refractivity contribution in [3.63, 3.8) is 0 Å². The number of esters is 1. The molecule has 0 aromatic rings. The third-order valence-electron chi connectivity index (χ3n) is 4.26. The molecule has 0 radical (unpaired) electrons. The molecule has 0 aromatic heterocycles. The number of ether oxygens (including phenoxy) is 2. The van der Waals surface area contributed by atoms with E-state index in [9.17, 15) is 14.7 Å². The van der Waals surface area contributed by atoms with Crippen LogP contribution >= 0.6 is 11.8 Å². The van der Waals surface area contributed by atoms with Crippen LogP contribution in [0, 0.1) is 0 Å². The van der Waals surface area contributed by atoms with E-state index >= 15 is 0 Å². The zero-order valence-electron chi connectivity index (χ0n) is 14.8. The number of hydrogen-bond donors (Lipinski definition) is 2. The molecule has 7 heteroatoms. The van der Waals surface area contributed by atoms with Gasteiger partial charge in [-0.15, -0.1) is 6.58 Å². The van der Waals surface area contributed by atoms with Crippen molar-refractivity contribution in [2.24, 2.45) is 0 Å². The highest BCUT2D eigenvalue weighted by Crippen LogP contribution is 2.36. The number of allylic oxidation sites excluding steroid dienone is 2. The molecule has 4 atom stereocenters. The minimum Gasteiger partial charge on any atom is -0.459 e. The molecular weight excluding hydrogens is 342 g/mol. The van der Waals surface area contributed by atoms with Crippen molar-refractivity contribution in [3.8, 4) is 0 Å². The van der Waals surface area contributed by atoms with Crippen LogP contribution in [0.4, 0.5) is 4.79 Å². The van der Waals surface area contributed by atoms with E-state index in [2.05, 4.69) is 11.9 Å². The molecule has 2 aliphatic heterocycles. The number of rotatable bonds is 7. The second-order valence-electron chi connectivity index (χ2n) is 6.82. The number of amides is 1. The van der Waals surface area contributed by atoms with Gasteiger partial charge in [-0.1, -0.05) is 23.4 Å². The normalized spacial score (nSPS) is 32.0. The van der Waals surface area contributed by atoms with Gasteiger partial charge >= 0.3 is 5.97 Å². The quantitative estimate of drug-likeness (QED) is 0.311. The van der Waals surface area contributed by atoms with E-state index in [0.717, 1.165) is 36.6 Å². The summed E-state index contributed by atoms with van der Waals surface area (Å²) in [7, 11) is 0. The van der Waals surface area contributed by atoms with Crippen molar-refractivity contribution < 1.29 is 24.2 Å². The van der Waals surface area contributed by atoms with E-state index in [0.29, 0.717) is 12.2 Å². The first-order chi connectivity index (χ1) is 11.8. The SMILES string of the molecule is C=CCCCC1CC(OC(=O)C=C(C)C)CC(O)(C2CSC(=O)N2)O1. The van der Waals surface area contributed by atoms with Crippen LogP contribution in [-0.2, 0) is 14.3 Å². The molecule has 0 aliphatic carbocycles. The Balaban J connectivity index is 2.07. The third kappa shape index (κ3) is 5.87. The van der Waals surface area contributed by atoms with E-state index in [1.54, 1.807) is 0 Å². The summed E-state index contributed by atoms with van der Waals surface area (Å²) in [5.74, 6) is -1.50. The van der Waals surface area contributed by atoms with Crippen molar-refractivity contribution in [2.45, 2.75) is 70.0 Å². The molecule has 2 fully saturated rings. The zero-order valence-corrected chi connectivity index (χ0v) is 15.6. The first-order valence-corrected chi connectivity index (χ1v) is 9.61. The van der Waals surface area contributed by atoms with Gasteiger partial charge in [0, 0.05) is 24.7 Å². The first kappa shape index (κ1) is 20.0. The fourth-order valence-electron chi connectivity index (χ4n) is 3.13. The van der Waals surface area contributed by atoms with Crippen LogP contribution in [0.1, 0.15) is 46.0 Å². The Kier molecular flexibility index (Phi) is 7.10. The highest BCUT2D eigenvalue weighted by Gasteiger charge is 2.49. The topological polar surface area (TPSA) is 84.9 Å². The molecule has 140 valence electrons. The fraction of sp³-hybridized carbons (Fsp3) is 0.667. The average molecular weight is 369 g/mol. The monoisotopic (exact) mass is 369 g/mol. The van der Waals surface area contributed by atoms with Gasteiger partial charge in [0.1, 0.15) is 6.10 Å². The van der Waals surface area contributed by atoms with Gasteiger partial charge in [0.25, 0.3) is 5.24 Å². The Bertz CT molecular complexity index is 546. The summed E-state index contributed by atoms with van der Waals surface area (Å²) >= 11 is 1.12. The molecule has 0 saturated carbocycles. The summed E-state index contributed by atoms with van der Waals surface area (Å²) in [5, 5.41) is 13.6. The molecule has 25 heavy (non-hydrogen) atoms. The van der Waals surface area contributed by atoms with E-state index in [4.69, 9.17) is 9.47 Å². The molecule has 6 nitrogen and oxygen atoms in total. The lowest BCUT2D eigenvalue weighted by Crippen LogP contribution is -2.58. The van der Waals surface area contributed by atoms with E-state index < -0.39 is 23.9 Å². The van der Waals surface area contributed by atoms with Gasteiger partial charge in [0.15, 0.2) is 5.79 Å². The summed E-state index contributed by atoms with van der Waals surface area (Å²) < 4.78 is 11.5. The van der Waals surface area contributed by atoms with Gasteiger partial charge in [-0.25, -0.2) is 4.79 Å². The second-order valence-corrected chi connectivity index (χ2v) is 7.81. The molecule has 2 rings (SSSR count). The minimum atomic E-state index is -1.52. The van der Waals surface area contributed by atoms with Crippen molar-refractivity contribution >= 4 is 23.0 Å². The molecular formula is C18H27NO5S. The maximum Gasteiger partial charge on any atom is 0.330 e. The molecule has 0 aromatic carbocycles. The molecule has 2 aliphatic rings. The van der Waals surface area contributed by atoms with Crippen LogP contribution in [0.2, 0.25) is 0 Å². The lowest BCUT2D eigenvalue weighted by molar-refractivity contribution is -0.283. The highest BCUT2D eigenvalue weighted by atomic mass is 32.2. The molecule has 0 spiro atoms. The van der Waals surface area contributed by atoms with Gasteiger partial charge < -0.3 is 19.9 Å². The number of carbonyl (C=O) groups excluding carboxylic acids is 2. The van der Waals surface area contributed by atoms with Crippen LogP contribution < -0.4 is 5.32 Å². The fourth-order valence-corrected chi connectivity index (χ4v) is 4.02. The largest absolute Gasteiger partial charge is 0.459 e. The minimum absolute atomic E-state index is 0.152. The number of unbranched alkanes of at least 4 members (excludes halogenated alkanes) is 1. The van der Waals surface area contributed by atoms with E-state index in [1.165, 1.54) is 6.08 Å². The van der Waals surface area contributed by atoms with Crippen LogP contribution in [0.25, 0.3) is 0 Å². The predicted octanol–water partition coefficient (Wildman–Crippen LogP) is 2.91. The Morgan fingerprint density at radius 2 is 2.32 bits per heavy atom. The van der Waals surface area contributed by atoms with Crippen molar-refractivity contribution in [3.05, 3.63) is 24.3 Å². The van der Waals surface area contributed by atoms with Crippen LogP contribution in [0.5, 0.6) is 0 Å². The third-order valence-corrected chi connectivity index (χ3v) is 5.14. The zero-order chi connectivity index (χ0) is 18.4. The first-order valence-electron chi connectivity index (χ1n) is 8.62. The second kappa shape index (κ2) is 8.87. The maximum absolute atomic E-state index is 12.0. The smallest absolute Gasteiger partial charge is 0.330 e. The summed E-state index contributed by atoms with van der Waals surface area (Å²) in [5.41, 5.74) is 0.856. The predicted molar refractivity (Wildman–Crippen MR) is 97.2 cm³/mol. The molecule has 2 N–H and O–H groups in total. The molecule has 2 heterocycles. The molecule has 1 amide bonds. The van der Waals surface area contributed by atoms with Gasteiger partial charge in [0.2, 0.25) is 0 Å². The lowest BCUT2D eigenvalue weighted by atomic mass is 9.91. The maximum atomic E-state index is 12.0. The number of carbonyl (C=O) groups is 2.